The normalized spacial score (nSPS) is 15.4. The molecule has 0 saturated heterocycles. The zero-order chi connectivity index (χ0) is 14.8. The molecule has 0 fully saturated rings. The van der Waals surface area contributed by atoms with Crippen LogP contribution in [-0.4, -0.2) is 13.2 Å². The van der Waals surface area contributed by atoms with Crippen LogP contribution in [0.25, 0.3) is 0 Å². The van der Waals surface area contributed by atoms with E-state index in [4.69, 9.17) is 26.8 Å². The molecule has 3 rings (SSSR count). The molecule has 0 saturated carbocycles. The standard InChI is InChI=1S/C16H15BrClNO2/c17-11-3-4-12(13(18)9-11)16(19)10-2-5-14-15(8-10)21-7-1-6-20-14/h2-5,8-9,16H,1,6-7,19H2. The molecule has 1 aliphatic heterocycles. The molecule has 0 spiro atoms. The van der Waals surface area contributed by atoms with Crippen LogP contribution in [-0.2, 0) is 0 Å². The highest BCUT2D eigenvalue weighted by atomic mass is 79.9. The van der Waals surface area contributed by atoms with Crippen molar-refractivity contribution in [1.82, 2.24) is 0 Å². The topological polar surface area (TPSA) is 44.5 Å². The molecule has 0 aliphatic carbocycles. The summed E-state index contributed by atoms with van der Waals surface area (Å²) in [5.74, 6) is 1.51. The van der Waals surface area contributed by atoms with Crippen molar-refractivity contribution in [3.8, 4) is 11.5 Å². The number of hydrogen-bond donors (Lipinski definition) is 1. The van der Waals surface area contributed by atoms with E-state index < -0.39 is 0 Å². The molecule has 110 valence electrons. The van der Waals surface area contributed by atoms with E-state index in [9.17, 15) is 0 Å². The van der Waals surface area contributed by atoms with E-state index in [1.807, 2.05) is 36.4 Å². The average molecular weight is 369 g/mol. The highest BCUT2D eigenvalue weighted by Crippen LogP contribution is 2.35. The molecule has 5 heteroatoms. The molecule has 2 aromatic carbocycles. The molecule has 1 atom stereocenters. The monoisotopic (exact) mass is 367 g/mol. The first-order chi connectivity index (χ1) is 10.1. The molecule has 0 amide bonds. The van der Waals surface area contributed by atoms with Crippen molar-refractivity contribution in [1.29, 1.82) is 0 Å². The Hall–Kier alpha value is -1.23. The Morgan fingerprint density at radius 3 is 2.57 bits per heavy atom. The minimum absolute atomic E-state index is 0.303. The van der Waals surface area contributed by atoms with Crippen molar-refractivity contribution in [3.63, 3.8) is 0 Å². The minimum Gasteiger partial charge on any atom is -0.490 e. The number of benzene rings is 2. The Labute approximate surface area is 137 Å². The van der Waals surface area contributed by atoms with Crippen molar-refractivity contribution < 1.29 is 9.47 Å². The van der Waals surface area contributed by atoms with Crippen molar-refractivity contribution in [2.45, 2.75) is 12.5 Å². The molecule has 1 aliphatic rings. The van der Waals surface area contributed by atoms with Crippen LogP contribution in [0.4, 0.5) is 0 Å². The largest absolute Gasteiger partial charge is 0.490 e. The summed E-state index contributed by atoms with van der Waals surface area (Å²) < 4.78 is 12.3. The molecule has 1 unspecified atom stereocenters. The van der Waals surface area contributed by atoms with Crippen LogP contribution >= 0.6 is 27.5 Å². The first kappa shape index (κ1) is 14.7. The van der Waals surface area contributed by atoms with Crippen LogP contribution in [0.3, 0.4) is 0 Å². The Morgan fingerprint density at radius 1 is 1.05 bits per heavy atom. The van der Waals surface area contributed by atoms with Crippen LogP contribution in [0.1, 0.15) is 23.6 Å². The van der Waals surface area contributed by atoms with Gasteiger partial charge < -0.3 is 15.2 Å². The fraction of sp³-hybridized carbons (Fsp3) is 0.250. The summed E-state index contributed by atoms with van der Waals surface area (Å²) in [6.07, 6.45) is 0.884. The molecule has 1 heterocycles. The van der Waals surface area contributed by atoms with E-state index in [0.29, 0.717) is 18.2 Å². The van der Waals surface area contributed by atoms with Gasteiger partial charge >= 0.3 is 0 Å². The van der Waals surface area contributed by atoms with E-state index in [1.165, 1.54) is 0 Å². The summed E-state index contributed by atoms with van der Waals surface area (Å²) in [7, 11) is 0. The van der Waals surface area contributed by atoms with Gasteiger partial charge in [-0.2, -0.15) is 0 Å². The van der Waals surface area contributed by atoms with Gasteiger partial charge in [0.1, 0.15) is 0 Å². The predicted molar refractivity (Wildman–Crippen MR) is 87.2 cm³/mol. The molecule has 2 aromatic rings. The van der Waals surface area contributed by atoms with Gasteiger partial charge in [-0.1, -0.05) is 39.7 Å². The third-order valence-electron chi connectivity index (χ3n) is 3.43. The van der Waals surface area contributed by atoms with Gasteiger partial charge in [-0.15, -0.1) is 0 Å². The second-order valence-electron chi connectivity index (χ2n) is 4.90. The minimum atomic E-state index is -0.303. The number of rotatable bonds is 2. The van der Waals surface area contributed by atoms with Gasteiger partial charge in [0.25, 0.3) is 0 Å². The third kappa shape index (κ3) is 3.18. The Morgan fingerprint density at radius 2 is 1.81 bits per heavy atom. The van der Waals surface area contributed by atoms with Crippen molar-refractivity contribution in [2.24, 2.45) is 5.73 Å². The summed E-state index contributed by atoms with van der Waals surface area (Å²) in [6, 6.07) is 11.2. The first-order valence-corrected chi connectivity index (χ1v) is 7.92. The maximum absolute atomic E-state index is 6.34. The molecule has 2 N–H and O–H groups in total. The zero-order valence-corrected chi connectivity index (χ0v) is 13.7. The lowest BCUT2D eigenvalue weighted by Crippen LogP contribution is -2.12. The molecule has 21 heavy (non-hydrogen) atoms. The van der Waals surface area contributed by atoms with Gasteiger partial charge in [-0.3, -0.25) is 0 Å². The smallest absolute Gasteiger partial charge is 0.161 e. The van der Waals surface area contributed by atoms with E-state index in [1.54, 1.807) is 0 Å². The van der Waals surface area contributed by atoms with Crippen LogP contribution in [0.15, 0.2) is 40.9 Å². The fourth-order valence-electron chi connectivity index (χ4n) is 2.31. The molecular weight excluding hydrogens is 354 g/mol. The molecule has 0 bridgehead atoms. The lowest BCUT2D eigenvalue weighted by molar-refractivity contribution is 0.297. The van der Waals surface area contributed by atoms with Gasteiger partial charge in [0.15, 0.2) is 11.5 Å². The number of hydrogen-bond acceptors (Lipinski definition) is 3. The van der Waals surface area contributed by atoms with E-state index in [2.05, 4.69) is 15.9 Å². The van der Waals surface area contributed by atoms with E-state index in [0.717, 1.165) is 33.5 Å². The SMILES string of the molecule is NC(c1ccc2c(c1)OCCCO2)c1ccc(Br)cc1Cl. The maximum atomic E-state index is 6.34. The summed E-state index contributed by atoms with van der Waals surface area (Å²) >= 11 is 9.68. The van der Waals surface area contributed by atoms with Gasteiger partial charge in [0, 0.05) is 15.9 Å². The molecule has 3 nitrogen and oxygen atoms in total. The summed E-state index contributed by atoms with van der Waals surface area (Å²) in [4.78, 5) is 0. The molecule has 0 radical (unpaired) electrons. The Kier molecular flexibility index (Phi) is 4.38. The second-order valence-corrected chi connectivity index (χ2v) is 6.22. The number of halogens is 2. The molecule has 0 aromatic heterocycles. The van der Waals surface area contributed by atoms with Gasteiger partial charge in [0.05, 0.1) is 19.3 Å². The highest BCUT2D eigenvalue weighted by Gasteiger charge is 2.17. The van der Waals surface area contributed by atoms with Crippen LogP contribution in [0, 0.1) is 0 Å². The van der Waals surface area contributed by atoms with Crippen LogP contribution in [0.5, 0.6) is 11.5 Å². The van der Waals surface area contributed by atoms with Crippen LogP contribution < -0.4 is 15.2 Å². The van der Waals surface area contributed by atoms with E-state index >= 15 is 0 Å². The Bertz CT molecular complexity index is 663. The average Bonchev–Trinajstić information content (AvgIpc) is 2.71. The highest BCUT2D eigenvalue weighted by molar-refractivity contribution is 9.10. The third-order valence-corrected chi connectivity index (χ3v) is 4.25. The summed E-state index contributed by atoms with van der Waals surface area (Å²) in [6.45, 7) is 1.33. The van der Waals surface area contributed by atoms with Crippen molar-refractivity contribution >= 4 is 27.5 Å². The Balaban J connectivity index is 1.94. The zero-order valence-electron chi connectivity index (χ0n) is 11.3. The number of nitrogens with two attached hydrogens (primary N) is 1. The quantitative estimate of drug-likeness (QED) is 0.859. The van der Waals surface area contributed by atoms with Gasteiger partial charge in [-0.25, -0.2) is 0 Å². The van der Waals surface area contributed by atoms with Crippen molar-refractivity contribution in [3.05, 3.63) is 57.0 Å². The maximum Gasteiger partial charge on any atom is 0.161 e. The summed E-state index contributed by atoms with van der Waals surface area (Å²) in [5, 5.41) is 0.643. The lowest BCUT2D eigenvalue weighted by Gasteiger charge is -2.16. The molecular formula is C16H15BrClNO2. The van der Waals surface area contributed by atoms with Crippen LogP contribution in [0.2, 0.25) is 5.02 Å². The van der Waals surface area contributed by atoms with Gasteiger partial charge in [-0.05, 0) is 35.4 Å². The first-order valence-electron chi connectivity index (χ1n) is 6.75. The number of ether oxygens (including phenoxy) is 2. The predicted octanol–water partition coefficient (Wildman–Crippen LogP) is 4.31. The van der Waals surface area contributed by atoms with E-state index in [-0.39, 0.29) is 6.04 Å². The number of fused-ring (bicyclic) bond motifs is 1. The summed E-state index contributed by atoms with van der Waals surface area (Å²) in [5.41, 5.74) is 8.17. The van der Waals surface area contributed by atoms with Crippen molar-refractivity contribution in [2.75, 3.05) is 13.2 Å². The second kappa shape index (κ2) is 6.26. The van der Waals surface area contributed by atoms with Gasteiger partial charge in [0.2, 0.25) is 0 Å². The fourth-order valence-corrected chi connectivity index (χ4v) is 3.10. The lowest BCUT2D eigenvalue weighted by atomic mass is 9.99.